The van der Waals surface area contributed by atoms with Crippen LogP contribution in [0.1, 0.15) is 72.1 Å². The summed E-state index contributed by atoms with van der Waals surface area (Å²) >= 11 is 0. The molecule has 0 aromatic carbocycles. The molecule has 180 valence electrons. The van der Waals surface area contributed by atoms with Crippen LogP contribution in [-0.2, 0) is 4.74 Å². The Bertz CT molecular complexity index is 654. The Morgan fingerprint density at radius 2 is 1.74 bits per heavy atom. The van der Waals surface area contributed by atoms with Gasteiger partial charge in [0.25, 0.3) is 0 Å². The van der Waals surface area contributed by atoms with Gasteiger partial charge in [0.1, 0.15) is 0 Å². The molecule has 0 aliphatic heterocycles. The molecule has 2 N–H and O–H groups in total. The summed E-state index contributed by atoms with van der Waals surface area (Å²) in [5.74, 6) is 3.19. The lowest BCUT2D eigenvalue weighted by Crippen LogP contribution is -2.55. The molecule has 0 amide bonds. The highest BCUT2D eigenvalue weighted by Crippen LogP contribution is 2.67. The van der Waals surface area contributed by atoms with Gasteiger partial charge in [-0.15, -0.1) is 0 Å². The van der Waals surface area contributed by atoms with Crippen molar-refractivity contribution in [3.8, 4) is 0 Å². The highest BCUT2D eigenvalue weighted by Gasteiger charge is 2.63. The van der Waals surface area contributed by atoms with Crippen LogP contribution < -0.4 is 0 Å². The van der Waals surface area contributed by atoms with E-state index in [-0.39, 0.29) is 30.1 Å². The second-order valence-electron chi connectivity index (χ2n) is 11.9. The average molecular weight is 447 g/mol. The molecule has 4 fully saturated rings. The van der Waals surface area contributed by atoms with Gasteiger partial charge in [0.05, 0.1) is 12.7 Å². The Morgan fingerprint density at radius 1 is 1.06 bits per heavy atom. The third-order valence-corrected chi connectivity index (χ3v) is 10.5. The van der Waals surface area contributed by atoms with Crippen LogP contribution in [0.15, 0.2) is 0 Å². The first-order chi connectivity index (χ1) is 14.4. The monoisotopic (exact) mass is 446 g/mol. The van der Waals surface area contributed by atoms with E-state index >= 15 is 0 Å². The van der Waals surface area contributed by atoms with Gasteiger partial charge in [-0.25, -0.2) is 0 Å². The molecule has 4 aliphatic carbocycles. The van der Waals surface area contributed by atoms with E-state index in [1.807, 2.05) is 0 Å². The molecule has 4 saturated carbocycles. The van der Waals surface area contributed by atoms with E-state index in [1.54, 1.807) is 7.11 Å². The molecule has 0 spiro atoms. The zero-order chi connectivity index (χ0) is 22.8. The lowest BCUT2D eigenvalue weighted by molar-refractivity contribution is -0.282. The number of fused-ring (bicyclic) bond motifs is 5. The second-order valence-corrected chi connectivity index (χ2v) is 11.9. The van der Waals surface area contributed by atoms with E-state index in [9.17, 15) is 23.4 Å². The first kappa shape index (κ1) is 23.8. The van der Waals surface area contributed by atoms with Crippen molar-refractivity contribution in [2.24, 2.45) is 52.8 Å². The van der Waals surface area contributed by atoms with Gasteiger partial charge in [-0.2, -0.15) is 13.2 Å². The number of ether oxygens (including phenoxy) is 1. The van der Waals surface area contributed by atoms with Crippen LogP contribution >= 0.6 is 0 Å². The van der Waals surface area contributed by atoms with Gasteiger partial charge in [0, 0.05) is 7.11 Å². The number of rotatable bonds is 4. The maximum absolute atomic E-state index is 13.5. The third-order valence-electron chi connectivity index (χ3n) is 10.5. The van der Waals surface area contributed by atoms with Crippen LogP contribution in [0.4, 0.5) is 13.2 Å². The van der Waals surface area contributed by atoms with Gasteiger partial charge < -0.3 is 14.9 Å². The maximum Gasteiger partial charge on any atom is 0.417 e. The molecule has 0 radical (unpaired) electrons. The minimum atomic E-state index is -4.52. The Hall–Kier alpha value is -0.330. The molecular formula is C25H41F3O3. The molecule has 3 nitrogen and oxygen atoms in total. The molecule has 0 aromatic rings. The second kappa shape index (κ2) is 8.16. The highest BCUT2D eigenvalue weighted by atomic mass is 19.4. The van der Waals surface area contributed by atoms with Gasteiger partial charge in [-0.3, -0.25) is 0 Å². The summed E-state index contributed by atoms with van der Waals surface area (Å²) in [7, 11) is 1.63. The van der Waals surface area contributed by atoms with Gasteiger partial charge in [-0.1, -0.05) is 20.8 Å². The SMILES string of the molecule is COC[C@@H](O)[C@@H](C)[C@H]1C[C@@H](C)[C@H]2[C@@H]3CC[C@@H]4C[C@@](O)(C(F)(F)F)CC[C@@H]4[C@H]3CC[C@@]21C. The number of alkyl halides is 3. The fraction of sp³-hybridized carbons (Fsp3) is 1.00. The summed E-state index contributed by atoms with van der Waals surface area (Å²) < 4.78 is 45.6. The first-order valence-corrected chi connectivity index (χ1v) is 12.4. The van der Waals surface area contributed by atoms with E-state index in [4.69, 9.17) is 4.74 Å². The number of halogens is 3. The van der Waals surface area contributed by atoms with Crippen molar-refractivity contribution in [1.29, 1.82) is 0 Å². The Morgan fingerprint density at radius 3 is 2.39 bits per heavy atom. The lowest BCUT2D eigenvalue weighted by Gasteiger charge is -2.58. The van der Waals surface area contributed by atoms with Gasteiger partial charge >= 0.3 is 6.18 Å². The van der Waals surface area contributed by atoms with E-state index in [0.717, 1.165) is 32.1 Å². The zero-order valence-corrected chi connectivity index (χ0v) is 19.5. The number of aliphatic hydroxyl groups is 2. The number of methoxy groups -OCH3 is 1. The summed E-state index contributed by atoms with van der Waals surface area (Å²) in [5, 5.41) is 20.9. The van der Waals surface area contributed by atoms with E-state index in [1.165, 1.54) is 0 Å². The van der Waals surface area contributed by atoms with Crippen LogP contribution in [-0.4, -0.2) is 41.8 Å². The predicted molar refractivity (Wildman–Crippen MR) is 113 cm³/mol. The molecule has 0 heterocycles. The van der Waals surface area contributed by atoms with Crippen molar-refractivity contribution < 1.29 is 28.1 Å². The molecule has 0 saturated heterocycles. The number of aliphatic hydroxyl groups excluding tert-OH is 1. The Kier molecular flexibility index (Phi) is 6.27. The lowest BCUT2D eigenvalue weighted by atomic mass is 9.47. The molecular weight excluding hydrogens is 405 g/mol. The predicted octanol–water partition coefficient (Wildman–Crippen LogP) is 5.44. The van der Waals surface area contributed by atoms with Crippen molar-refractivity contribution in [3.05, 3.63) is 0 Å². The van der Waals surface area contributed by atoms with Crippen LogP contribution in [0.3, 0.4) is 0 Å². The summed E-state index contributed by atoms with van der Waals surface area (Å²) in [4.78, 5) is 0. The van der Waals surface area contributed by atoms with Crippen LogP contribution in [0.2, 0.25) is 0 Å². The molecule has 6 heteroatoms. The maximum atomic E-state index is 13.5. The summed E-state index contributed by atoms with van der Waals surface area (Å²) in [5.41, 5.74) is -2.30. The van der Waals surface area contributed by atoms with Gasteiger partial charge in [0.2, 0.25) is 0 Å². The normalized spacial score (nSPS) is 49.6. The molecule has 0 aromatic heterocycles. The van der Waals surface area contributed by atoms with Crippen LogP contribution in [0.25, 0.3) is 0 Å². The van der Waals surface area contributed by atoms with E-state index in [2.05, 4.69) is 20.8 Å². The van der Waals surface area contributed by atoms with Crippen molar-refractivity contribution >= 4 is 0 Å². The largest absolute Gasteiger partial charge is 0.417 e. The van der Waals surface area contributed by atoms with Gasteiger partial charge in [0.15, 0.2) is 5.60 Å². The number of hydrogen-bond donors (Lipinski definition) is 2. The van der Waals surface area contributed by atoms with Crippen molar-refractivity contribution in [1.82, 2.24) is 0 Å². The fourth-order valence-electron chi connectivity index (χ4n) is 9.14. The zero-order valence-electron chi connectivity index (χ0n) is 19.5. The van der Waals surface area contributed by atoms with E-state index in [0.29, 0.717) is 48.5 Å². The fourth-order valence-corrected chi connectivity index (χ4v) is 9.14. The van der Waals surface area contributed by atoms with Crippen molar-refractivity contribution in [3.63, 3.8) is 0 Å². The van der Waals surface area contributed by atoms with E-state index < -0.39 is 17.9 Å². The standard InChI is InChI=1S/C25H41F3O3/c1-14-11-20(15(2)21(29)13-31-4)23(3)9-7-18-17-8-10-24(30,25(26,27)28)12-16(17)5-6-19(18)22(14)23/h14-22,29-30H,5-13H2,1-4H3/t14-,15+,16-,17+,18-,19-,20-,21-,22+,23-,24-/m1/s1. The average Bonchev–Trinajstić information content (AvgIpc) is 2.97. The van der Waals surface area contributed by atoms with Crippen molar-refractivity contribution in [2.75, 3.05) is 13.7 Å². The highest BCUT2D eigenvalue weighted by molar-refractivity contribution is 5.10. The molecule has 0 bridgehead atoms. The smallest absolute Gasteiger partial charge is 0.390 e. The summed E-state index contributed by atoms with van der Waals surface area (Å²) in [6.45, 7) is 7.31. The minimum absolute atomic E-state index is 0.000867. The Labute approximate surface area is 185 Å². The summed E-state index contributed by atoms with van der Waals surface area (Å²) in [6.07, 6.45) is 0.398. The van der Waals surface area contributed by atoms with Crippen molar-refractivity contribution in [2.45, 2.75) is 90.0 Å². The van der Waals surface area contributed by atoms with Crippen LogP contribution in [0.5, 0.6) is 0 Å². The quantitative estimate of drug-likeness (QED) is 0.605. The molecule has 4 aliphatic rings. The topological polar surface area (TPSA) is 49.7 Å². The molecule has 4 rings (SSSR count). The summed E-state index contributed by atoms with van der Waals surface area (Å²) in [6, 6.07) is 0. The molecule has 31 heavy (non-hydrogen) atoms. The molecule has 0 unspecified atom stereocenters. The Balaban J connectivity index is 1.52. The number of hydrogen-bond acceptors (Lipinski definition) is 3. The van der Waals surface area contributed by atoms with Crippen LogP contribution in [0, 0.1) is 52.8 Å². The molecule has 11 atom stereocenters. The first-order valence-electron chi connectivity index (χ1n) is 12.4. The van der Waals surface area contributed by atoms with Gasteiger partial charge in [-0.05, 0) is 104 Å². The third kappa shape index (κ3) is 3.77. The minimum Gasteiger partial charge on any atom is -0.390 e.